The highest BCUT2D eigenvalue weighted by molar-refractivity contribution is 5.92. The number of likely N-dealkylation sites (tertiary alicyclic amines) is 1. The molecule has 0 spiro atoms. The van der Waals surface area contributed by atoms with Crippen molar-refractivity contribution < 1.29 is 4.79 Å². The smallest absolute Gasteiger partial charge is 0.238 e. The molecule has 23 heavy (non-hydrogen) atoms. The van der Waals surface area contributed by atoms with Gasteiger partial charge in [0, 0.05) is 5.69 Å². The van der Waals surface area contributed by atoms with Gasteiger partial charge in [0.25, 0.3) is 0 Å². The second-order valence-electron chi connectivity index (χ2n) is 6.13. The van der Waals surface area contributed by atoms with Crippen LogP contribution in [-0.2, 0) is 11.2 Å². The summed E-state index contributed by atoms with van der Waals surface area (Å²) in [7, 11) is 0. The lowest BCUT2D eigenvalue weighted by Crippen LogP contribution is -2.41. The Labute approximate surface area is 146 Å². The van der Waals surface area contributed by atoms with Crippen molar-refractivity contribution >= 4 is 24.0 Å². The van der Waals surface area contributed by atoms with E-state index in [0.29, 0.717) is 6.54 Å². The molecule has 1 aromatic rings. The number of hydrogen-bond acceptors (Lipinski definition) is 3. The van der Waals surface area contributed by atoms with E-state index in [1.165, 1.54) is 18.4 Å². The standard InChI is InChI=1S/C18H29N3O.ClH/c1-3-15-6-5-7-17(12-15)20-18(22)14-21-10-8-16(9-11-21)13-19-4-2;/h5-7,12,16,19H,3-4,8-11,13-14H2,1-2H3,(H,20,22);1H. The zero-order chi connectivity index (χ0) is 15.8. The van der Waals surface area contributed by atoms with Crippen LogP contribution < -0.4 is 10.6 Å². The number of halogens is 1. The Balaban J connectivity index is 0.00000264. The van der Waals surface area contributed by atoms with Crippen LogP contribution in [-0.4, -0.2) is 43.5 Å². The van der Waals surface area contributed by atoms with Gasteiger partial charge in [0.2, 0.25) is 5.91 Å². The Morgan fingerprint density at radius 3 is 2.65 bits per heavy atom. The van der Waals surface area contributed by atoms with Crippen LogP contribution in [0.1, 0.15) is 32.3 Å². The molecule has 0 bridgehead atoms. The minimum Gasteiger partial charge on any atom is -0.325 e. The number of anilines is 1. The van der Waals surface area contributed by atoms with E-state index < -0.39 is 0 Å². The van der Waals surface area contributed by atoms with E-state index in [9.17, 15) is 4.79 Å². The van der Waals surface area contributed by atoms with Crippen molar-refractivity contribution in [3.8, 4) is 0 Å². The number of hydrogen-bond donors (Lipinski definition) is 2. The second-order valence-corrected chi connectivity index (χ2v) is 6.13. The van der Waals surface area contributed by atoms with E-state index in [-0.39, 0.29) is 18.3 Å². The van der Waals surface area contributed by atoms with Gasteiger partial charge in [-0.05, 0) is 69.1 Å². The molecule has 1 fully saturated rings. The summed E-state index contributed by atoms with van der Waals surface area (Å²) < 4.78 is 0. The molecule has 5 heteroatoms. The van der Waals surface area contributed by atoms with Crippen LogP contribution in [0.15, 0.2) is 24.3 Å². The van der Waals surface area contributed by atoms with Crippen LogP contribution in [0.25, 0.3) is 0 Å². The summed E-state index contributed by atoms with van der Waals surface area (Å²) in [5.41, 5.74) is 2.16. The van der Waals surface area contributed by atoms with Crippen molar-refractivity contribution in [1.82, 2.24) is 10.2 Å². The van der Waals surface area contributed by atoms with Gasteiger partial charge < -0.3 is 10.6 Å². The number of rotatable bonds is 7. The Morgan fingerprint density at radius 1 is 1.26 bits per heavy atom. The largest absolute Gasteiger partial charge is 0.325 e. The molecule has 0 radical (unpaired) electrons. The lowest BCUT2D eigenvalue weighted by Gasteiger charge is -2.31. The minimum absolute atomic E-state index is 0. The van der Waals surface area contributed by atoms with Gasteiger partial charge in [-0.3, -0.25) is 9.69 Å². The first-order valence-electron chi connectivity index (χ1n) is 8.53. The Morgan fingerprint density at radius 2 is 2.00 bits per heavy atom. The maximum atomic E-state index is 12.2. The topological polar surface area (TPSA) is 44.4 Å². The molecule has 2 rings (SSSR count). The summed E-state index contributed by atoms with van der Waals surface area (Å²) in [6.45, 7) is 8.98. The average molecular weight is 340 g/mol. The molecule has 1 aliphatic rings. The SMILES string of the molecule is CCNCC1CCN(CC(=O)Nc2cccc(CC)c2)CC1.Cl. The molecule has 1 aliphatic heterocycles. The summed E-state index contributed by atoms with van der Waals surface area (Å²) in [5.74, 6) is 0.860. The van der Waals surface area contributed by atoms with Gasteiger partial charge in [-0.25, -0.2) is 0 Å². The number of piperidine rings is 1. The monoisotopic (exact) mass is 339 g/mol. The van der Waals surface area contributed by atoms with Crippen LogP contribution >= 0.6 is 12.4 Å². The Kier molecular flexibility index (Phi) is 9.22. The molecule has 1 aromatic carbocycles. The van der Waals surface area contributed by atoms with Crippen molar-refractivity contribution in [1.29, 1.82) is 0 Å². The van der Waals surface area contributed by atoms with E-state index in [1.807, 2.05) is 12.1 Å². The van der Waals surface area contributed by atoms with Gasteiger partial charge in [-0.2, -0.15) is 0 Å². The van der Waals surface area contributed by atoms with Crippen LogP contribution in [0, 0.1) is 5.92 Å². The summed E-state index contributed by atoms with van der Waals surface area (Å²) >= 11 is 0. The summed E-state index contributed by atoms with van der Waals surface area (Å²) in [5, 5.41) is 6.44. The predicted octanol–water partition coefficient (Wildman–Crippen LogP) is 2.93. The molecule has 1 amide bonds. The van der Waals surface area contributed by atoms with Crippen molar-refractivity contribution in [2.75, 3.05) is 38.0 Å². The number of nitrogens with zero attached hydrogens (tertiary/aromatic N) is 1. The third kappa shape index (κ3) is 6.90. The van der Waals surface area contributed by atoms with Gasteiger partial charge in [-0.1, -0.05) is 26.0 Å². The van der Waals surface area contributed by atoms with E-state index in [4.69, 9.17) is 0 Å². The third-order valence-electron chi connectivity index (χ3n) is 4.38. The van der Waals surface area contributed by atoms with Crippen molar-refractivity contribution in [3.05, 3.63) is 29.8 Å². The summed E-state index contributed by atoms with van der Waals surface area (Å²) in [6.07, 6.45) is 3.36. The number of carbonyl (C=O) groups is 1. The fourth-order valence-corrected chi connectivity index (χ4v) is 2.97. The van der Waals surface area contributed by atoms with Crippen LogP contribution in [0.2, 0.25) is 0 Å². The fraction of sp³-hybridized carbons (Fsp3) is 0.611. The maximum absolute atomic E-state index is 12.2. The zero-order valence-electron chi connectivity index (χ0n) is 14.3. The molecule has 0 saturated carbocycles. The molecule has 0 unspecified atom stereocenters. The molecule has 4 nitrogen and oxygen atoms in total. The van der Waals surface area contributed by atoms with E-state index in [2.05, 4.69) is 41.5 Å². The second kappa shape index (κ2) is 10.6. The molecule has 2 N–H and O–H groups in total. The summed E-state index contributed by atoms with van der Waals surface area (Å²) in [4.78, 5) is 14.4. The van der Waals surface area contributed by atoms with Crippen LogP contribution in [0.5, 0.6) is 0 Å². The van der Waals surface area contributed by atoms with Crippen LogP contribution in [0.4, 0.5) is 5.69 Å². The maximum Gasteiger partial charge on any atom is 0.238 e. The molecular formula is C18H30ClN3O. The van der Waals surface area contributed by atoms with Gasteiger partial charge in [0.05, 0.1) is 6.54 Å². The van der Waals surface area contributed by atoms with Gasteiger partial charge in [0.15, 0.2) is 0 Å². The first-order chi connectivity index (χ1) is 10.7. The van der Waals surface area contributed by atoms with Crippen molar-refractivity contribution in [2.24, 2.45) is 5.92 Å². The molecule has 1 heterocycles. The first kappa shape index (κ1) is 19.9. The first-order valence-corrected chi connectivity index (χ1v) is 8.53. The number of amides is 1. The molecule has 0 atom stereocenters. The minimum atomic E-state index is 0. The lowest BCUT2D eigenvalue weighted by molar-refractivity contribution is -0.117. The Bertz CT molecular complexity index is 473. The fourth-order valence-electron chi connectivity index (χ4n) is 2.97. The molecule has 0 aromatic heterocycles. The average Bonchev–Trinajstić information content (AvgIpc) is 2.54. The normalized spacial score (nSPS) is 15.9. The molecular weight excluding hydrogens is 310 g/mol. The quantitative estimate of drug-likeness (QED) is 0.802. The van der Waals surface area contributed by atoms with Gasteiger partial charge >= 0.3 is 0 Å². The zero-order valence-corrected chi connectivity index (χ0v) is 15.1. The van der Waals surface area contributed by atoms with Crippen LogP contribution in [0.3, 0.4) is 0 Å². The van der Waals surface area contributed by atoms with E-state index in [1.54, 1.807) is 0 Å². The van der Waals surface area contributed by atoms with Gasteiger partial charge in [-0.15, -0.1) is 12.4 Å². The van der Waals surface area contributed by atoms with Crippen molar-refractivity contribution in [3.63, 3.8) is 0 Å². The number of aryl methyl sites for hydroxylation is 1. The molecule has 0 aliphatic carbocycles. The summed E-state index contributed by atoms with van der Waals surface area (Å²) in [6, 6.07) is 8.10. The molecule has 130 valence electrons. The Hall–Kier alpha value is -1.10. The predicted molar refractivity (Wildman–Crippen MR) is 99.4 cm³/mol. The number of nitrogens with one attached hydrogen (secondary N) is 2. The highest BCUT2D eigenvalue weighted by Crippen LogP contribution is 2.16. The highest BCUT2D eigenvalue weighted by atomic mass is 35.5. The number of carbonyl (C=O) groups excluding carboxylic acids is 1. The van der Waals surface area contributed by atoms with Crippen molar-refractivity contribution in [2.45, 2.75) is 33.1 Å². The highest BCUT2D eigenvalue weighted by Gasteiger charge is 2.20. The van der Waals surface area contributed by atoms with Gasteiger partial charge in [0.1, 0.15) is 0 Å². The third-order valence-corrected chi connectivity index (χ3v) is 4.38. The molecule has 1 saturated heterocycles. The van der Waals surface area contributed by atoms with E-state index >= 15 is 0 Å². The number of benzene rings is 1. The lowest BCUT2D eigenvalue weighted by atomic mass is 9.97. The van der Waals surface area contributed by atoms with E-state index in [0.717, 1.165) is 44.2 Å².